The zero-order valence-electron chi connectivity index (χ0n) is 25.1. The van der Waals surface area contributed by atoms with Crippen LogP contribution in [0.25, 0.3) is 0 Å². The fourth-order valence-electron chi connectivity index (χ4n) is 5.74. The third kappa shape index (κ3) is 7.03. The van der Waals surface area contributed by atoms with Gasteiger partial charge in [0, 0.05) is 0 Å². The molecule has 44 heavy (non-hydrogen) atoms. The predicted molar refractivity (Wildman–Crippen MR) is 160 cm³/mol. The summed E-state index contributed by atoms with van der Waals surface area (Å²) in [5.41, 5.74) is 1.84. The summed E-state index contributed by atoms with van der Waals surface area (Å²) in [6, 6.07) is 29.4. The normalized spacial score (nSPS) is 26.1. The van der Waals surface area contributed by atoms with E-state index in [4.69, 9.17) is 33.2 Å². The fraction of sp³-hybridized carbons (Fsp3) is 0.371. The maximum Gasteiger partial charge on any atom is 0.337 e. The van der Waals surface area contributed by atoms with Gasteiger partial charge in [0.15, 0.2) is 0 Å². The molecule has 6 atom stereocenters. The molecule has 0 aliphatic carbocycles. The van der Waals surface area contributed by atoms with Crippen LogP contribution in [0.2, 0.25) is 0 Å². The molecule has 0 aromatic heterocycles. The van der Waals surface area contributed by atoms with Crippen molar-refractivity contribution in [3.05, 3.63) is 120 Å². The molecule has 0 radical (unpaired) electrons. The van der Waals surface area contributed by atoms with Crippen LogP contribution in [0.5, 0.6) is 0 Å². The van der Waals surface area contributed by atoms with Crippen LogP contribution in [0.4, 0.5) is 0 Å². The van der Waals surface area contributed by atoms with Crippen LogP contribution in [0, 0.1) is 5.92 Å². The number of hydrogen-bond acceptors (Lipinski definition) is 9. The van der Waals surface area contributed by atoms with Gasteiger partial charge in [-0.1, -0.05) is 91.0 Å². The largest absolute Gasteiger partial charge is 0.493 e. The molecule has 9 nitrogen and oxygen atoms in total. The molecule has 1 saturated heterocycles. The third-order valence-corrected chi connectivity index (χ3v) is 8.04. The van der Waals surface area contributed by atoms with Gasteiger partial charge in [0.2, 0.25) is 0 Å². The Kier molecular flexibility index (Phi) is 10.4. The van der Waals surface area contributed by atoms with Crippen LogP contribution >= 0.6 is 0 Å². The maximum absolute atomic E-state index is 13.1. The van der Waals surface area contributed by atoms with Gasteiger partial charge in [-0.3, -0.25) is 4.79 Å². The Hall–Kier alpha value is -4.02. The van der Waals surface area contributed by atoms with Gasteiger partial charge in [0.05, 0.1) is 52.5 Å². The van der Waals surface area contributed by atoms with Crippen LogP contribution < -0.4 is 0 Å². The Bertz CT molecular complexity index is 1400. The zero-order chi connectivity index (χ0) is 30.9. The highest BCUT2D eigenvalue weighted by Gasteiger charge is 2.62. The highest BCUT2D eigenvalue weighted by molar-refractivity contribution is 5.96. The first-order valence-electron chi connectivity index (χ1n) is 14.6. The van der Waals surface area contributed by atoms with Crippen molar-refractivity contribution in [1.29, 1.82) is 0 Å². The molecule has 0 spiro atoms. The van der Waals surface area contributed by atoms with E-state index in [-0.39, 0.29) is 18.8 Å². The Morgan fingerprint density at radius 1 is 0.773 bits per heavy atom. The van der Waals surface area contributed by atoms with Crippen molar-refractivity contribution in [3.8, 4) is 0 Å². The second-order valence-electron chi connectivity index (χ2n) is 10.9. The second kappa shape index (κ2) is 14.6. The first kappa shape index (κ1) is 31.4. The van der Waals surface area contributed by atoms with Crippen molar-refractivity contribution in [2.75, 3.05) is 20.8 Å². The Labute approximate surface area is 257 Å². The maximum atomic E-state index is 13.1. The predicted octanol–water partition coefficient (Wildman–Crippen LogP) is 4.78. The van der Waals surface area contributed by atoms with Gasteiger partial charge in [0.1, 0.15) is 35.9 Å². The topological polar surface area (TPSA) is 98.8 Å². The number of carbonyl (C=O) groups excluding carboxylic acids is 2. The number of hydrogen-bond donors (Lipinski definition) is 0. The summed E-state index contributed by atoms with van der Waals surface area (Å²) in [5, 5.41) is 0. The molecule has 5 rings (SSSR count). The second-order valence-corrected chi connectivity index (χ2v) is 10.9. The van der Waals surface area contributed by atoms with Gasteiger partial charge in [-0.15, -0.1) is 0 Å². The van der Waals surface area contributed by atoms with Crippen molar-refractivity contribution in [1.82, 2.24) is 0 Å². The fourth-order valence-corrected chi connectivity index (χ4v) is 5.74. The van der Waals surface area contributed by atoms with E-state index in [1.165, 1.54) is 20.5 Å². The first-order valence-corrected chi connectivity index (χ1v) is 14.6. The lowest BCUT2D eigenvalue weighted by atomic mass is 9.83. The third-order valence-electron chi connectivity index (χ3n) is 8.04. The van der Waals surface area contributed by atoms with E-state index in [1.807, 2.05) is 97.9 Å². The average Bonchev–Trinajstić information content (AvgIpc) is 3.62. The molecular formula is C35H38O9. The number of esters is 2. The van der Waals surface area contributed by atoms with Gasteiger partial charge < -0.3 is 33.2 Å². The number of rotatable bonds is 13. The summed E-state index contributed by atoms with van der Waals surface area (Å²) in [5.74, 6) is -2.44. The lowest BCUT2D eigenvalue weighted by Crippen LogP contribution is -2.55. The van der Waals surface area contributed by atoms with Gasteiger partial charge in [-0.2, -0.15) is 0 Å². The Balaban J connectivity index is 1.47. The van der Waals surface area contributed by atoms with Crippen LogP contribution in [0.3, 0.4) is 0 Å². The van der Waals surface area contributed by atoms with Gasteiger partial charge >= 0.3 is 11.9 Å². The van der Waals surface area contributed by atoms with E-state index in [9.17, 15) is 9.59 Å². The summed E-state index contributed by atoms with van der Waals surface area (Å²) >= 11 is 0. The number of carbonyl (C=O) groups is 2. The van der Waals surface area contributed by atoms with Crippen LogP contribution in [-0.4, -0.2) is 62.8 Å². The number of methoxy groups -OCH3 is 2. The Morgan fingerprint density at radius 3 is 1.91 bits per heavy atom. The molecule has 0 bridgehead atoms. The summed E-state index contributed by atoms with van der Waals surface area (Å²) in [7, 11) is 2.51. The molecule has 3 aromatic carbocycles. The van der Waals surface area contributed by atoms with E-state index in [2.05, 4.69) is 0 Å². The van der Waals surface area contributed by atoms with Gasteiger partial charge in [-0.05, 0) is 23.6 Å². The quantitative estimate of drug-likeness (QED) is 0.256. The average molecular weight is 603 g/mol. The molecule has 1 unspecified atom stereocenters. The molecule has 3 aromatic rings. The summed E-state index contributed by atoms with van der Waals surface area (Å²) < 4.78 is 42.2. The molecule has 0 saturated carbocycles. The van der Waals surface area contributed by atoms with Crippen molar-refractivity contribution < 1.29 is 42.7 Å². The van der Waals surface area contributed by atoms with Crippen molar-refractivity contribution in [2.45, 2.75) is 56.8 Å². The van der Waals surface area contributed by atoms with Gasteiger partial charge in [-0.25, -0.2) is 4.79 Å². The molecule has 2 aliphatic rings. The van der Waals surface area contributed by atoms with E-state index >= 15 is 0 Å². The smallest absolute Gasteiger partial charge is 0.337 e. The minimum atomic E-state index is -1.15. The standard InChI is InChI=1S/C35H38O9/c1-35(43-21-26-17-11-6-12-18-26)31(42-20-25-15-9-5-10-16-25)28(23-40-19-24-13-7-4-8-14-24)44-32(35)30-29(34(37)39-3)27(22-41-30)33(36)38-2/h4-18,22,28-32H,19-21,23H2,1-3H3/t28-,29?,30+,31-,32+,35-/m1/s1. The summed E-state index contributed by atoms with van der Waals surface area (Å²) in [6.45, 7) is 2.98. The molecular weight excluding hydrogens is 564 g/mol. The minimum Gasteiger partial charge on any atom is -0.493 e. The monoisotopic (exact) mass is 602 g/mol. The van der Waals surface area contributed by atoms with E-state index in [1.54, 1.807) is 0 Å². The lowest BCUT2D eigenvalue weighted by Gasteiger charge is -2.38. The number of benzene rings is 3. The lowest BCUT2D eigenvalue weighted by molar-refractivity contribution is -0.174. The van der Waals surface area contributed by atoms with E-state index in [0.717, 1.165) is 16.7 Å². The Morgan fingerprint density at radius 2 is 1.34 bits per heavy atom. The van der Waals surface area contributed by atoms with Crippen molar-refractivity contribution in [2.24, 2.45) is 5.92 Å². The highest BCUT2D eigenvalue weighted by atomic mass is 16.6. The first-order chi connectivity index (χ1) is 21.4. The van der Waals surface area contributed by atoms with Gasteiger partial charge in [0.25, 0.3) is 0 Å². The molecule has 232 valence electrons. The SMILES string of the molecule is COC(=O)C1=CO[C@H]([C@@H]2O[C@H](COCc3ccccc3)[C@@H](OCc3ccccc3)[C@@]2(C)OCc2ccccc2)C1C(=O)OC. The van der Waals surface area contributed by atoms with Crippen molar-refractivity contribution in [3.63, 3.8) is 0 Å². The highest BCUT2D eigenvalue weighted by Crippen LogP contribution is 2.45. The van der Waals surface area contributed by atoms with E-state index < -0.39 is 47.9 Å². The molecule has 0 N–H and O–H groups in total. The minimum absolute atomic E-state index is 0.0453. The van der Waals surface area contributed by atoms with Crippen LogP contribution in [-0.2, 0) is 62.6 Å². The molecule has 1 fully saturated rings. The van der Waals surface area contributed by atoms with Crippen LogP contribution in [0.1, 0.15) is 23.6 Å². The number of ether oxygens (including phenoxy) is 7. The van der Waals surface area contributed by atoms with Crippen molar-refractivity contribution >= 4 is 11.9 Å². The molecule has 2 heterocycles. The molecule has 9 heteroatoms. The summed E-state index contributed by atoms with van der Waals surface area (Å²) in [4.78, 5) is 25.7. The molecule has 0 amide bonds. The molecule has 2 aliphatic heterocycles. The zero-order valence-corrected chi connectivity index (χ0v) is 25.1. The van der Waals surface area contributed by atoms with E-state index in [0.29, 0.717) is 13.2 Å². The summed E-state index contributed by atoms with van der Waals surface area (Å²) in [6.07, 6.45) is -1.81. The van der Waals surface area contributed by atoms with Crippen LogP contribution in [0.15, 0.2) is 103 Å².